The lowest BCUT2D eigenvalue weighted by atomic mass is 10.0. The monoisotopic (exact) mass is 135 g/mol. The zero-order valence-corrected chi connectivity index (χ0v) is 6.16. The molecule has 0 amide bonds. The molecule has 0 saturated carbocycles. The van der Waals surface area contributed by atoms with Crippen LogP contribution >= 0.6 is 11.6 Å². The highest BCUT2D eigenvalue weighted by molar-refractivity contribution is 6.17. The fourth-order valence-corrected chi connectivity index (χ4v) is 0.776. The van der Waals surface area contributed by atoms with Crippen LogP contribution in [0.5, 0.6) is 0 Å². The maximum absolute atomic E-state index is 11.0. The Morgan fingerprint density at radius 2 is 2.12 bits per heavy atom. The highest BCUT2D eigenvalue weighted by Crippen LogP contribution is 2.14. The summed E-state index contributed by atoms with van der Waals surface area (Å²) in [7, 11) is 0. The molecule has 1 unspecified atom stereocenters. The number of halogens is 1. The van der Waals surface area contributed by atoms with Crippen molar-refractivity contribution in [3.05, 3.63) is 0 Å². The van der Waals surface area contributed by atoms with Crippen LogP contribution in [-0.4, -0.2) is 11.5 Å². The van der Waals surface area contributed by atoms with Crippen LogP contribution in [0, 0.1) is 0 Å². The molecule has 1 radical (unpaired) electrons. The van der Waals surface area contributed by atoms with E-state index in [2.05, 4.69) is 0 Å². The predicted molar refractivity (Wildman–Crippen MR) is 34.7 cm³/mol. The summed E-state index contributed by atoms with van der Waals surface area (Å²) in [5.41, 5.74) is -0.790. The summed E-state index contributed by atoms with van der Waals surface area (Å²) in [6.07, 6.45) is 1.24. The molecule has 0 aliphatic carbocycles. The molecule has 1 atom stereocenters. The van der Waals surface area contributed by atoms with Crippen LogP contribution in [-0.2, 0) is 5.11 Å². The molecule has 1 nitrogen and oxygen atoms in total. The molecule has 0 rings (SSSR count). The van der Waals surface area contributed by atoms with Crippen molar-refractivity contribution < 1.29 is 5.11 Å². The molecular weight excluding hydrogens is 124 g/mol. The summed E-state index contributed by atoms with van der Waals surface area (Å²) in [4.78, 5) is 0. The molecule has 49 valence electrons. The van der Waals surface area contributed by atoms with E-state index in [1.165, 1.54) is 0 Å². The second-order valence-electron chi connectivity index (χ2n) is 2.24. The Bertz CT molecular complexity index is 61.5. The first-order chi connectivity index (χ1) is 3.62. The molecule has 0 aliphatic rings. The minimum absolute atomic E-state index is 0.480. The lowest BCUT2D eigenvalue weighted by Crippen LogP contribution is -2.20. The van der Waals surface area contributed by atoms with Crippen molar-refractivity contribution in [2.24, 2.45) is 0 Å². The van der Waals surface area contributed by atoms with Gasteiger partial charge in [-0.25, -0.2) is 5.11 Å². The molecule has 0 bridgehead atoms. The molecular formula is C6H12ClO. The van der Waals surface area contributed by atoms with E-state index in [0.717, 1.165) is 0 Å². The first-order valence-electron chi connectivity index (χ1n) is 2.89. The summed E-state index contributed by atoms with van der Waals surface area (Å²) >= 11 is 5.36. The Morgan fingerprint density at radius 1 is 1.62 bits per heavy atom. The standard InChI is InChI=1S/C6H12ClO/c1-3-6(2,8)4-5-7/h3-5H2,1-2H3. The molecule has 0 heterocycles. The molecule has 0 aromatic rings. The quantitative estimate of drug-likeness (QED) is 0.529. The highest BCUT2D eigenvalue weighted by Gasteiger charge is 2.17. The molecule has 2 heteroatoms. The van der Waals surface area contributed by atoms with Crippen molar-refractivity contribution in [1.82, 2.24) is 0 Å². The summed E-state index contributed by atoms with van der Waals surface area (Å²) in [5.74, 6) is 0.480. The second-order valence-corrected chi connectivity index (χ2v) is 2.62. The lowest BCUT2D eigenvalue weighted by Gasteiger charge is -2.15. The van der Waals surface area contributed by atoms with Crippen LogP contribution in [0.15, 0.2) is 0 Å². The zero-order chi connectivity index (χ0) is 6.62. The van der Waals surface area contributed by atoms with Crippen LogP contribution in [0.1, 0.15) is 26.7 Å². The van der Waals surface area contributed by atoms with Gasteiger partial charge in [0.15, 0.2) is 0 Å². The topological polar surface area (TPSA) is 19.9 Å². The van der Waals surface area contributed by atoms with Crippen molar-refractivity contribution in [3.63, 3.8) is 0 Å². The van der Waals surface area contributed by atoms with Crippen molar-refractivity contribution >= 4 is 11.6 Å². The van der Waals surface area contributed by atoms with E-state index >= 15 is 0 Å². The fraction of sp³-hybridized carbons (Fsp3) is 1.00. The number of hydrogen-bond donors (Lipinski definition) is 0. The first kappa shape index (κ1) is 8.25. The van der Waals surface area contributed by atoms with Gasteiger partial charge in [0.2, 0.25) is 0 Å². The van der Waals surface area contributed by atoms with E-state index in [4.69, 9.17) is 11.6 Å². The summed E-state index contributed by atoms with van der Waals surface area (Å²) in [5, 5.41) is 11.0. The molecule has 0 N–H and O–H groups in total. The van der Waals surface area contributed by atoms with E-state index < -0.39 is 5.60 Å². The van der Waals surface area contributed by atoms with Gasteiger partial charge in [-0.15, -0.1) is 11.6 Å². The predicted octanol–water partition coefficient (Wildman–Crippen LogP) is 2.21. The molecule has 0 fully saturated rings. The van der Waals surface area contributed by atoms with E-state index in [9.17, 15) is 5.11 Å². The van der Waals surface area contributed by atoms with E-state index in [0.29, 0.717) is 18.7 Å². The third kappa shape index (κ3) is 3.28. The molecule has 8 heavy (non-hydrogen) atoms. The minimum atomic E-state index is -0.790. The molecule has 0 aromatic carbocycles. The smallest absolute Gasteiger partial charge is 0.102 e. The summed E-state index contributed by atoms with van der Waals surface area (Å²) in [6.45, 7) is 3.58. The number of hydrogen-bond acceptors (Lipinski definition) is 0. The van der Waals surface area contributed by atoms with Crippen molar-refractivity contribution in [3.8, 4) is 0 Å². The highest BCUT2D eigenvalue weighted by atomic mass is 35.5. The van der Waals surface area contributed by atoms with Crippen molar-refractivity contribution in [1.29, 1.82) is 0 Å². The zero-order valence-electron chi connectivity index (χ0n) is 5.41. The van der Waals surface area contributed by atoms with E-state index in [1.807, 2.05) is 6.92 Å². The summed E-state index contributed by atoms with van der Waals surface area (Å²) in [6, 6.07) is 0. The van der Waals surface area contributed by atoms with Crippen LogP contribution in [0.25, 0.3) is 0 Å². The normalized spacial score (nSPS) is 18.0. The van der Waals surface area contributed by atoms with Gasteiger partial charge in [0.05, 0.1) is 0 Å². The largest absolute Gasteiger partial charge is 0.230 e. The van der Waals surface area contributed by atoms with Crippen molar-refractivity contribution in [2.45, 2.75) is 32.3 Å². The molecule has 0 spiro atoms. The van der Waals surface area contributed by atoms with Gasteiger partial charge in [-0.3, -0.25) is 0 Å². The Hall–Kier alpha value is 0.250. The summed E-state index contributed by atoms with van der Waals surface area (Å²) < 4.78 is 0. The van der Waals surface area contributed by atoms with E-state index in [1.54, 1.807) is 6.92 Å². The van der Waals surface area contributed by atoms with Gasteiger partial charge >= 0.3 is 0 Å². The van der Waals surface area contributed by atoms with Crippen LogP contribution in [0.2, 0.25) is 0 Å². The van der Waals surface area contributed by atoms with Gasteiger partial charge in [-0.1, -0.05) is 6.92 Å². The maximum Gasteiger partial charge on any atom is 0.102 e. The van der Waals surface area contributed by atoms with Gasteiger partial charge in [0.1, 0.15) is 5.60 Å². The second kappa shape index (κ2) is 3.31. The van der Waals surface area contributed by atoms with Gasteiger partial charge < -0.3 is 0 Å². The third-order valence-corrected chi connectivity index (χ3v) is 1.56. The van der Waals surface area contributed by atoms with Crippen molar-refractivity contribution in [2.75, 3.05) is 5.88 Å². The average molecular weight is 136 g/mol. The Morgan fingerprint density at radius 3 is 2.25 bits per heavy atom. The molecule has 0 aromatic heterocycles. The SMILES string of the molecule is CCC(C)([O])CCCl. The van der Waals surface area contributed by atoms with Gasteiger partial charge in [0.25, 0.3) is 0 Å². The number of rotatable bonds is 3. The average Bonchev–Trinajstić information content (AvgIpc) is 1.67. The Labute approximate surface area is 55.7 Å². The first-order valence-corrected chi connectivity index (χ1v) is 3.42. The van der Waals surface area contributed by atoms with Crippen LogP contribution in [0.3, 0.4) is 0 Å². The van der Waals surface area contributed by atoms with Gasteiger partial charge in [0, 0.05) is 5.88 Å². The third-order valence-electron chi connectivity index (χ3n) is 1.37. The Kier molecular flexibility index (Phi) is 3.41. The molecule has 0 aliphatic heterocycles. The Balaban J connectivity index is 3.37. The maximum atomic E-state index is 11.0. The lowest BCUT2D eigenvalue weighted by molar-refractivity contribution is -0.0185. The minimum Gasteiger partial charge on any atom is -0.230 e. The van der Waals surface area contributed by atoms with Gasteiger partial charge in [-0.2, -0.15) is 0 Å². The fourth-order valence-electron chi connectivity index (χ4n) is 0.377. The van der Waals surface area contributed by atoms with E-state index in [-0.39, 0.29) is 0 Å². The van der Waals surface area contributed by atoms with Crippen LogP contribution < -0.4 is 0 Å². The van der Waals surface area contributed by atoms with Gasteiger partial charge in [-0.05, 0) is 19.8 Å². The molecule has 0 saturated heterocycles. The number of alkyl halides is 1. The van der Waals surface area contributed by atoms with Crippen LogP contribution in [0.4, 0.5) is 0 Å².